The van der Waals surface area contributed by atoms with E-state index < -0.39 is 33.8 Å². The van der Waals surface area contributed by atoms with Crippen LogP contribution < -0.4 is 5.19 Å². The van der Waals surface area contributed by atoms with Gasteiger partial charge in [0, 0.05) is 16.1 Å². The third-order valence-electron chi connectivity index (χ3n) is 2.75. The molecule has 0 saturated heterocycles. The van der Waals surface area contributed by atoms with Crippen molar-refractivity contribution in [2.45, 2.75) is 58.9 Å². The van der Waals surface area contributed by atoms with Crippen LogP contribution in [-0.2, 0) is 12.3 Å². The first-order chi connectivity index (χ1) is 11.2. The normalized spacial score (nSPS) is 13.4. The van der Waals surface area contributed by atoms with Gasteiger partial charge in [0.05, 0.1) is 0 Å². The van der Waals surface area contributed by atoms with E-state index in [1.807, 2.05) is 24.3 Å². The van der Waals surface area contributed by atoms with Gasteiger partial charge >= 0.3 is 8.80 Å². The Bertz CT molecular complexity index is 591. The summed E-state index contributed by atoms with van der Waals surface area (Å²) in [5, 5.41) is 3.43. The van der Waals surface area contributed by atoms with Gasteiger partial charge in [0.15, 0.2) is 25.0 Å². The van der Waals surface area contributed by atoms with Gasteiger partial charge in [0.25, 0.3) is 0 Å². The summed E-state index contributed by atoms with van der Waals surface area (Å²) >= 11 is 5.52. The van der Waals surface area contributed by atoms with Gasteiger partial charge < -0.3 is 12.3 Å². The van der Waals surface area contributed by atoms with Crippen molar-refractivity contribution < 1.29 is 12.3 Å². The first-order valence-electron chi connectivity index (χ1n) is 8.49. The molecule has 0 unspecified atom stereocenters. The van der Waals surface area contributed by atoms with Crippen molar-refractivity contribution in [2.75, 3.05) is 0 Å². The zero-order chi connectivity index (χ0) is 19.5. The lowest BCUT2D eigenvalue weighted by molar-refractivity contribution is 0.273. The number of benzene rings is 1. The summed E-state index contributed by atoms with van der Waals surface area (Å²) in [4.78, 5) is 0. The molecule has 0 aromatic heterocycles. The van der Waals surface area contributed by atoms with Gasteiger partial charge in [-0.3, -0.25) is 0 Å². The second kappa shape index (κ2) is 8.23. The zero-order valence-corrected chi connectivity index (χ0v) is 21.7. The number of halogens is 1. The van der Waals surface area contributed by atoms with Gasteiger partial charge in [-0.1, -0.05) is 12.1 Å². The monoisotopic (exact) mass is 430 g/mol. The number of rotatable bonds is 7. The molecule has 0 saturated carbocycles. The summed E-state index contributed by atoms with van der Waals surface area (Å²) < 4.78 is 20.1. The lowest BCUT2D eigenvalue weighted by Gasteiger charge is -2.42. The molecule has 1 aromatic rings. The van der Waals surface area contributed by atoms with Gasteiger partial charge in [-0.05, 0) is 88.6 Å². The molecule has 0 radical (unpaired) electrons. The summed E-state index contributed by atoms with van der Waals surface area (Å²) in [6.07, 6.45) is 0. The second-order valence-electron chi connectivity index (χ2n) is 9.00. The van der Waals surface area contributed by atoms with Crippen LogP contribution in [-0.4, -0.2) is 33.8 Å². The van der Waals surface area contributed by atoms with Gasteiger partial charge in [-0.25, -0.2) is 0 Å². The first kappa shape index (κ1) is 22.9. The maximum atomic E-state index is 6.70. The van der Waals surface area contributed by atoms with Crippen molar-refractivity contribution in [3.63, 3.8) is 0 Å². The Hall–Kier alpha value is -0.182. The van der Waals surface area contributed by atoms with Crippen LogP contribution in [0.2, 0.25) is 58.9 Å². The number of hydrogen-bond acceptors (Lipinski definition) is 3. The maximum Gasteiger partial charge on any atom is 0.505 e. The molecule has 0 aliphatic heterocycles. The van der Waals surface area contributed by atoms with Crippen LogP contribution >= 0.6 is 11.6 Å². The topological polar surface area (TPSA) is 27.7 Å². The highest BCUT2D eigenvalue weighted by Gasteiger charge is 2.51. The highest BCUT2D eigenvalue weighted by Crippen LogP contribution is 2.25. The van der Waals surface area contributed by atoms with E-state index in [9.17, 15) is 0 Å². The quantitative estimate of drug-likeness (QED) is 0.453. The highest BCUT2D eigenvalue weighted by atomic mass is 35.5. The van der Waals surface area contributed by atoms with Crippen LogP contribution in [0.3, 0.4) is 0 Å². The molecule has 25 heavy (non-hydrogen) atoms. The Labute approximate surface area is 162 Å². The van der Waals surface area contributed by atoms with Gasteiger partial charge in [0.2, 0.25) is 0 Å². The summed E-state index contributed by atoms with van der Waals surface area (Å²) in [6, 6.07) is 7.98. The Morgan fingerprint density at radius 2 is 1.04 bits per heavy atom. The predicted octanol–water partition coefficient (Wildman–Crippen LogP) is 4.93. The summed E-state index contributed by atoms with van der Waals surface area (Å²) in [5.74, 6) is 2.87. The third-order valence-corrected chi connectivity index (χ3v) is 14.5. The molecule has 0 amide bonds. The van der Waals surface area contributed by atoms with Crippen LogP contribution in [0, 0.1) is 11.3 Å². The van der Waals surface area contributed by atoms with E-state index in [0.717, 1.165) is 10.8 Å². The van der Waals surface area contributed by atoms with Crippen molar-refractivity contribution in [3.8, 4) is 11.3 Å². The van der Waals surface area contributed by atoms with Crippen molar-refractivity contribution >= 4 is 50.5 Å². The molecule has 0 bridgehead atoms. The lowest BCUT2D eigenvalue weighted by atomic mass is 10.2. The van der Waals surface area contributed by atoms with Crippen molar-refractivity contribution in [1.82, 2.24) is 0 Å². The van der Waals surface area contributed by atoms with Crippen molar-refractivity contribution in [2.24, 2.45) is 0 Å². The largest absolute Gasteiger partial charge is 0.505 e. The summed E-state index contributed by atoms with van der Waals surface area (Å²) in [6.45, 7) is 19.7. The molecule has 0 fully saturated rings. The van der Waals surface area contributed by atoms with Gasteiger partial charge in [0.1, 0.15) is 0 Å². The second-order valence-corrected chi connectivity index (χ2v) is 26.0. The van der Waals surface area contributed by atoms with E-state index in [0.29, 0.717) is 0 Å². The maximum absolute atomic E-state index is 6.70. The molecule has 0 spiro atoms. The number of hydrogen-bond donors (Lipinski definition) is 0. The average molecular weight is 431 g/mol. The van der Waals surface area contributed by atoms with Crippen LogP contribution in [0.1, 0.15) is 5.56 Å². The predicted molar refractivity (Wildman–Crippen MR) is 118 cm³/mol. The van der Waals surface area contributed by atoms with Crippen LogP contribution in [0.25, 0.3) is 0 Å². The van der Waals surface area contributed by atoms with E-state index in [2.05, 4.69) is 70.2 Å². The molecule has 0 aliphatic rings. The smallest absolute Gasteiger partial charge is 0.414 e. The van der Waals surface area contributed by atoms with E-state index in [4.69, 9.17) is 23.9 Å². The molecule has 140 valence electrons. The SMILES string of the molecule is C[Si](C)(C)O[Si](O[Si](C)(C)C)(O[Si](C)(C)C)c1ccc(C#CCl)cc1. The zero-order valence-electron chi connectivity index (χ0n) is 16.9. The fourth-order valence-electron chi connectivity index (χ4n) is 2.26. The average Bonchev–Trinajstić information content (AvgIpc) is 2.33. The molecular formula is C17H31ClO3Si4. The Balaban J connectivity index is 3.51. The molecule has 3 nitrogen and oxygen atoms in total. The Morgan fingerprint density at radius 1 is 0.680 bits per heavy atom. The molecule has 0 aliphatic carbocycles. The van der Waals surface area contributed by atoms with Crippen LogP contribution in [0.15, 0.2) is 24.3 Å². The molecule has 1 rings (SSSR count). The fraction of sp³-hybridized carbons (Fsp3) is 0.529. The summed E-state index contributed by atoms with van der Waals surface area (Å²) in [5.41, 5.74) is 0.871. The van der Waals surface area contributed by atoms with Gasteiger partial charge in [-0.2, -0.15) is 0 Å². The highest BCUT2D eigenvalue weighted by molar-refractivity contribution is 6.95. The minimum Gasteiger partial charge on any atom is -0.414 e. The Morgan fingerprint density at radius 3 is 1.32 bits per heavy atom. The standard InChI is InChI=1S/C17H31ClO3Si4/c1-22(2,3)19-25(20-23(4,5)6,21-24(7,8)9)17-12-10-16(11-13-17)14-15-18/h10-13H,1-9H3. The van der Waals surface area contributed by atoms with Crippen LogP contribution in [0.4, 0.5) is 0 Å². The molecule has 1 aromatic carbocycles. The first-order valence-corrected chi connectivity index (χ1v) is 20.8. The lowest BCUT2D eigenvalue weighted by Crippen LogP contribution is -2.67. The minimum atomic E-state index is -3.02. The van der Waals surface area contributed by atoms with E-state index in [1.54, 1.807) is 0 Å². The van der Waals surface area contributed by atoms with E-state index >= 15 is 0 Å². The third kappa shape index (κ3) is 8.36. The van der Waals surface area contributed by atoms with E-state index in [-0.39, 0.29) is 0 Å². The molecule has 0 N–H and O–H groups in total. The van der Waals surface area contributed by atoms with Crippen LogP contribution in [0.5, 0.6) is 0 Å². The van der Waals surface area contributed by atoms with E-state index in [1.165, 1.54) is 0 Å². The van der Waals surface area contributed by atoms with Gasteiger partial charge in [-0.15, -0.1) is 0 Å². The molecule has 0 heterocycles. The van der Waals surface area contributed by atoms with Crippen molar-refractivity contribution in [1.29, 1.82) is 0 Å². The fourth-order valence-corrected chi connectivity index (χ4v) is 15.7. The van der Waals surface area contributed by atoms with Crippen molar-refractivity contribution in [3.05, 3.63) is 29.8 Å². The molecular weight excluding hydrogens is 400 g/mol. The summed E-state index contributed by atoms with van der Waals surface area (Å²) in [7, 11) is -8.71. The molecule has 8 heteroatoms. The molecule has 0 atom stereocenters. The Kier molecular flexibility index (Phi) is 7.52. The minimum absolute atomic E-state index is 0.871.